The van der Waals surface area contributed by atoms with Crippen LogP contribution in [0.25, 0.3) is 0 Å². The van der Waals surface area contributed by atoms with Crippen molar-refractivity contribution >= 4 is 11.8 Å². The summed E-state index contributed by atoms with van der Waals surface area (Å²) in [6, 6.07) is 9.68. The molecule has 2 amide bonds. The molecule has 1 saturated heterocycles. The maximum Gasteiger partial charge on any atom is 0.397 e. The van der Waals surface area contributed by atoms with Crippen LogP contribution in [0.1, 0.15) is 31.2 Å². The van der Waals surface area contributed by atoms with Crippen LogP contribution in [0.4, 0.5) is 13.2 Å². The van der Waals surface area contributed by atoms with Gasteiger partial charge in [0.2, 0.25) is 11.8 Å². The van der Waals surface area contributed by atoms with Crippen molar-refractivity contribution in [3.8, 4) is 0 Å². The van der Waals surface area contributed by atoms with Crippen molar-refractivity contribution in [1.82, 2.24) is 9.80 Å². The van der Waals surface area contributed by atoms with Crippen molar-refractivity contribution in [2.45, 2.75) is 31.9 Å². The van der Waals surface area contributed by atoms with Crippen LogP contribution in [0, 0.1) is 0 Å². The van der Waals surface area contributed by atoms with Gasteiger partial charge in [-0.1, -0.05) is 37.3 Å². The number of hydrogen-bond acceptors (Lipinski definition) is 2. The molecule has 1 heterocycles. The third kappa shape index (κ3) is 5.25. The van der Waals surface area contributed by atoms with Gasteiger partial charge in [0, 0.05) is 32.6 Å². The molecule has 2 rings (SSSR count). The highest BCUT2D eigenvalue weighted by Crippen LogP contribution is 2.22. The van der Waals surface area contributed by atoms with Gasteiger partial charge < -0.3 is 9.80 Å². The molecule has 0 aromatic heterocycles. The van der Waals surface area contributed by atoms with E-state index in [1.54, 1.807) is 4.90 Å². The predicted molar refractivity (Wildman–Crippen MR) is 83.3 cm³/mol. The van der Waals surface area contributed by atoms with Crippen LogP contribution in [0.3, 0.4) is 0 Å². The van der Waals surface area contributed by atoms with E-state index < -0.39 is 18.5 Å². The molecule has 132 valence electrons. The molecule has 1 aromatic rings. The molecule has 1 aliphatic rings. The van der Waals surface area contributed by atoms with E-state index in [9.17, 15) is 22.8 Å². The maximum atomic E-state index is 12.3. The Bertz CT molecular complexity index is 567. The summed E-state index contributed by atoms with van der Waals surface area (Å²) in [5.74, 6) is -0.884. The van der Waals surface area contributed by atoms with Gasteiger partial charge in [-0.2, -0.15) is 13.2 Å². The second kappa shape index (κ2) is 7.68. The minimum atomic E-state index is -4.49. The Morgan fingerprint density at radius 2 is 1.50 bits per heavy atom. The number of halogens is 3. The molecule has 1 unspecified atom stereocenters. The molecule has 4 nitrogen and oxygen atoms in total. The maximum absolute atomic E-state index is 12.3. The molecule has 0 radical (unpaired) electrons. The Morgan fingerprint density at radius 1 is 1.00 bits per heavy atom. The lowest BCUT2D eigenvalue weighted by molar-refractivity contribution is -0.163. The minimum absolute atomic E-state index is 0.0331. The Kier molecular flexibility index (Phi) is 5.85. The van der Waals surface area contributed by atoms with E-state index in [4.69, 9.17) is 0 Å². The molecule has 0 N–H and O–H groups in total. The summed E-state index contributed by atoms with van der Waals surface area (Å²) < 4.78 is 36.8. The number of benzene rings is 1. The van der Waals surface area contributed by atoms with Gasteiger partial charge >= 0.3 is 6.18 Å². The molecular weight excluding hydrogens is 321 g/mol. The van der Waals surface area contributed by atoms with E-state index in [0.717, 1.165) is 5.56 Å². The van der Waals surface area contributed by atoms with Crippen LogP contribution in [0.2, 0.25) is 0 Å². The molecule has 0 bridgehead atoms. The lowest BCUT2D eigenvalue weighted by Crippen LogP contribution is -2.51. The topological polar surface area (TPSA) is 40.6 Å². The smallest absolute Gasteiger partial charge is 0.339 e. The molecular formula is C17H21F3N2O2. The Hall–Kier alpha value is -2.05. The molecule has 1 atom stereocenters. The summed E-state index contributed by atoms with van der Waals surface area (Å²) >= 11 is 0. The molecule has 1 aliphatic heterocycles. The Balaban J connectivity index is 1.81. The van der Waals surface area contributed by atoms with E-state index in [1.807, 2.05) is 37.3 Å². The quantitative estimate of drug-likeness (QED) is 0.844. The zero-order chi connectivity index (χ0) is 17.7. The van der Waals surface area contributed by atoms with Crippen LogP contribution in [0.5, 0.6) is 0 Å². The lowest BCUT2D eigenvalue weighted by Gasteiger charge is -2.35. The molecule has 0 aliphatic carbocycles. The molecule has 24 heavy (non-hydrogen) atoms. The van der Waals surface area contributed by atoms with Crippen LogP contribution in [0.15, 0.2) is 30.3 Å². The first-order chi connectivity index (χ1) is 11.3. The van der Waals surface area contributed by atoms with E-state index in [2.05, 4.69) is 0 Å². The number of rotatable bonds is 4. The monoisotopic (exact) mass is 342 g/mol. The number of piperazine rings is 1. The summed E-state index contributed by atoms with van der Waals surface area (Å²) in [5.41, 5.74) is 1.07. The van der Waals surface area contributed by atoms with Crippen LogP contribution >= 0.6 is 0 Å². The van der Waals surface area contributed by atoms with Gasteiger partial charge in [-0.3, -0.25) is 9.59 Å². The summed E-state index contributed by atoms with van der Waals surface area (Å²) in [6.45, 7) is 2.84. The second-order valence-corrected chi connectivity index (χ2v) is 6.07. The average molecular weight is 342 g/mol. The van der Waals surface area contributed by atoms with E-state index in [0.29, 0.717) is 6.42 Å². The minimum Gasteiger partial charge on any atom is -0.339 e. The molecule has 7 heteroatoms. The summed E-state index contributed by atoms with van der Waals surface area (Å²) in [7, 11) is 0. The molecule has 0 saturated carbocycles. The average Bonchev–Trinajstić information content (AvgIpc) is 2.54. The zero-order valence-electron chi connectivity index (χ0n) is 13.6. The van der Waals surface area contributed by atoms with Gasteiger partial charge in [-0.25, -0.2) is 0 Å². The lowest BCUT2D eigenvalue weighted by atomic mass is 9.97. The summed E-state index contributed by atoms with van der Waals surface area (Å²) in [4.78, 5) is 26.7. The number of alkyl halides is 3. The third-order valence-electron chi connectivity index (χ3n) is 4.19. The van der Waals surface area contributed by atoms with Crippen molar-refractivity contribution in [1.29, 1.82) is 0 Å². The number of hydrogen-bond donors (Lipinski definition) is 0. The van der Waals surface area contributed by atoms with Crippen molar-refractivity contribution in [2.75, 3.05) is 26.2 Å². The first kappa shape index (κ1) is 18.3. The van der Waals surface area contributed by atoms with Crippen molar-refractivity contribution in [2.24, 2.45) is 0 Å². The van der Waals surface area contributed by atoms with E-state index in [-0.39, 0.29) is 38.0 Å². The van der Waals surface area contributed by atoms with Gasteiger partial charge in [-0.15, -0.1) is 0 Å². The van der Waals surface area contributed by atoms with Crippen molar-refractivity contribution in [3.05, 3.63) is 35.9 Å². The summed E-state index contributed by atoms with van der Waals surface area (Å²) in [5, 5.41) is 0. The number of amides is 2. The number of nitrogens with zero attached hydrogens (tertiary/aromatic N) is 2. The molecule has 1 aromatic carbocycles. The Morgan fingerprint density at radius 3 is 2.00 bits per heavy atom. The van der Waals surface area contributed by atoms with Crippen molar-refractivity contribution < 1.29 is 22.8 Å². The number of carbonyl (C=O) groups excluding carboxylic acids is 2. The van der Waals surface area contributed by atoms with Gasteiger partial charge in [-0.05, 0) is 11.5 Å². The van der Waals surface area contributed by atoms with E-state index in [1.165, 1.54) is 4.90 Å². The highest BCUT2D eigenvalue weighted by atomic mass is 19.4. The van der Waals surface area contributed by atoms with Crippen LogP contribution < -0.4 is 0 Å². The van der Waals surface area contributed by atoms with Gasteiger partial charge in [0.05, 0.1) is 0 Å². The fourth-order valence-electron chi connectivity index (χ4n) is 2.78. The number of carbonyl (C=O) groups is 2. The van der Waals surface area contributed by atoms with Gasteiger partial charge in [0.15, 0.2) is 0 Å². The largest absolute Gasteiger partial charge is 0.397 e. The van der Waals surface area contributed by atoms with Gasteiger partial charge in [0.1, 0.15) is 6.42 Å². The normalized spacial score (nSPS) is 16.8. The van der Waals surface area contributed by atoms with Crippen molar-refractivity contribution in [3.63, 3.8) is 0 Å². The third-order valence-corrected chi connectivity index (χ3v) is 4.19. The van der Waals surface area contributed by atoms with E-state index >= 15 is 0 Å². The second-order valence-electron chi connectivity index (χ2n) is 6.07. The molecule has 0 spiro atoms. The SMILES string of the molecule is CC(CC(=O)N1CCN(C(=O)CC(F)(F)F)CC1)c1ccccc1. The first-order valence-corrected chi connectivity index (χ1v) is 7.93. The molecule has 1 fully saturated rings. The highest BCUT2D eigenvalue weighted by Gasteiger charge is 2.34. The van der Waals surface area contributed by atoms with Gasteiger partial charge in [0.25, 0.3) is 0 Å². The van der Waals surface area contributed by atoms with Crippen LogP contribution in [-0.2, 0) is 9.59 Å². The standard InChI is InChI=1S/C17H21F3N2O2/c1-13(14-5-3-2-4-6-14)11-15(23)21-7-9-22(10-8-21)16(24)12-17(18,19)20/h2-6,13H,7-12H2,1H3. The fraction of sp³-hybridized carbons (Fsp3) is 0.529. The summed E-state index contributed by atoms with van der Waals surface area (Å²) in [6.07, 6.45) is -5.58. The Labute approximate surface area is 139 Å². The highest BCUT2D eigenvalue weighted by molar-refractivity contribution is 5.79. The fourth-order valence-corrected chi connectivity index (χ4v) is 2.78. The predicted octanol–water partition coefficient (Wildman–Crippen LogP) is 2.80. The first-order valence-electron chi connectivity index (χ1n) is 7.93. The zero-order valence-corrected chi connectivity index (χ0v) is 13.6. The van der Waals surface area contributed by atoms with Crippen LogP contribution in [-0.4, -0.2) is 54.0 Å².